The van der Waals surface area contributed by atoms with Gasteiger partial charge >= 0.3 is 6.09 Å². The van der Waals surface area contributed by atoms with Gasteiger partial charge in [-0.15, -0.1) is 0 Å². The van der Waals surface area contributed by atoms with Gasteiger partial charge < -0.3 is 20.7 Å². The molecule has 0 aliphatic carbocycles. The molecular formula is C12H25N3O2. The van der Waals surface area contributed by atoms with Crippen LogP contribution in [0, 0.1) is 5.92 Å². The average molecular weight is 243 g/mol. The molecule has 0 bridgehead atoms. The van der Waals surface area contributed by atoms with Crippen LogP contribution in [-0.2, 0) is 4.74 Å². The molecule has 100 valence electrons. The van der Waals surface area contributed by atoms with Crippen LogP contribution in [0.15, 0.2) is 0 Å². The van der Waals surface area contributed by atoms with Crippen molar-refractivity contribution in [3.63, 3.8) is 0 Å². The van der Waals surface area contributed by atoms with Gasteiger partial charge in [-0.25, -0.2) is 4.79 Å². The summed E-state index contributed by atoms with van der Waals surface area (Å²) in [4.78, 5) is 13.8. The molecule has 0 saturated carbocycles. The molecule has 0 aromatic carbocycles. The van der Waals surface area contributed by atoms with Crippen LogP contribution in [0.25, 0.3) is 0 Å². The van der Waals surface area contributed by atoms with E-state index >= 15 is 0 Å². The maximum absolute atomic E-state index is 11.5. The van der Waals surface area contributed by atoms with Crippen LogP contribution in [0.4, 0.5) is 4.79 Å². The summed E-state index contributed by atoms with van der Waals surface area (Å²) < 4.78 is 5.19. The van der Waals surface area contributed by atoms with Crippen molar-refractivity contribution in [1.82, 2.24) is 10.2 Å². The summed E-state index contributed by atoms with van der Waals surface area (Å²) in [7, 11) is 0. The molecule has 0 aromatic rings. The van der Waals surface area contributed by atoms with Gasteiger partial charge in [0.05, 0.1) is 0 Å². The molecule has 5 heteroatoms. The SMILES string of the molecule is CC(C)(C)OC(=O)NC[C@H]1CCN(CCN)C1. The Labute approximate surface area is 104 Å². The van der Waals surface area contributed by atoms with Crippen molar-refractivity contribution in [2.24, 2.45) is 11.7 Å². The zero-order valence-corrected chi connectivity index (χ0v) is 11.2. The second kappa shape index (κ2) is 6.21. The Kier molecular flexibility index (Phi) is 5.21. The molecule has 3 N–H and O–H groups in total. The average Bonchev–Trinajstić information content (AvgIpc) is 2.61. The first-order valence-electron chi connectivity index (χ1n) is 6.30. The maximum atomic E-state index is 11.5. The van der Waals surface area contributed by atoms with Crippen molar-refractivity contribution in [2.75, 3.05) is 32.7 Å². The van der Waals surface area contributed by atoms with Crippen LogP contribution in [0.5, 0.6) is 0 Å². The highest BCUT2D eigenvalue weighted by atomic mass is 16.6. The topological polar surface area (TPSA) is 67.6 Å². The van der Waals surface area contributed by atoms with Gasteiger partial charge in [-0.3, -0.25) is 0 Å². The third kappa shape index (κ3) is 5.89. The number of nitrogens with one attached hydrogen (secondary N) is 1. The zero-order chi connectivity index (χ0) is 12.9. The first-order chi connectivity index (χ1) is 7.90. The minimum atomic E-state index is -0.425. The number of hydrogen-bond acceptors (Lipinski definition) is 4. The Balaban J connectivity index is 2.17. The zero-order valence-electron chi connectivity index (χ0n) is 11.2. The molecule has 1 aliphatic heterocycles. The molecule has 0 spiro atoms. The van der Waals surface area contributed by atoms with E-state index in [1.807, 2.05) is 20.8 Å². The normalized spacial score (nSPS) is 21.5. The third-order valence-electron chi connectivity index (χ3n) is 2.75. The molecule has 1 amide bonds. The lowest BCUT2D eigenvalue weighted by atomic mass is 10.1. The van der Waals surface area contributed by atoms with Crippen LogP contribution in [0.2, 0.25) is 0 Å². The van der Waals surface area contributed by atoms with Gasteiger partial charge in [0, 0.05) is 26.2 Å². The molecule has 17 heavy (non-hydrogen) atoms. The molecule has 5 nitrogen and oxygen atoms in total. The summed E-state index contributed by atoms with van der Waals surface area (Å²) in [6.45, 7) is 10.0. The summed E-state index contributed by atoms with van der Waals surface area (Å²) in [6, 6.07) is 0. The Morgan fingerprint density at radius 1 is 1.53 bits per heavy atom. The van der Waals surface area contributed by atoms with Crippen molar-refractivity contribution >= 4 is 6.09 Å². The molecule has 1 heterocycles. The maximum Gasteiger partial charge on any atom is 0.407 e. The predicted octanol–water partition coefficient (Wildman–Crippen LogP) is 0.792. The molecule has 0 unspecified atom stereocenters. The van der Waals surface area contributed by atoms with Gasteiger partial charge in [-0.05, 0) is 39.7 Å². The van der Waals surface area contributed by atoms with Gasteiger partial charge in [0.15, 0.2) is 0 Å². The molecule has 1 saturated heterocycles. The summed E-state index contributed by atoms with van der Waals surface area (Å²) in [5.41, 5.74) is 5.09. The predicted molar refractivity (Wildman–Crippen MR) is 67.8 cm³/mol. The molecule has 0 radical (unpaired) electrons. The molecule has 1 rings (SSSR count). The summed E-state index contributed by atoms with van der Waals surface area (Å²) in [6.07, 6.45) is 0.797. The van der Waals surface area contributed by atoms with Crippen LogP contribution in [-0.4, -0.2) is 49.3 Å². The van der Waals surface area contributed by atoms with E-state index in [0.717, 1.165) is 26.1 Å². The highest BCUT2D eigenvalue weighted by molar-refractivity contribution is 5.67. The van der Waals surface area contributed by atoms with Crippen LogP contribution < -0.4 is 11.1 Å². The fourth-order valence-electron chi connectivity index (χ4n) is 2.01. The van der Waals surface area contributed by atoms with Crippen molar-refractivity contribution in [2.45, 2.75) is 32.8 Å². The molecule has 1 aliphatic rings. The first-order valence-corrected chi connectivity index (χ1v) is 6.30. The molecular weight excluding hydrogens is 218 g/mol. The van der Waals surface area contributed by atoms with E-state index in [1.165, 1.54) is 0 Å². The number of carbonyl (C=O) groups excluding carboxylic acids is 1. The van der Waals surface area contributed by atoms with Gasteiger partial charge in [-0.2, -0.15) is 0 Å². The Morgan fingerprint density at radius 2 is 2.24 bits per heavy atom. The minimum absolute atomic E-state index is 0.324. The number of amides is 1. The van der Waals surface area contributed by atoms with Crippen LogP contribution in [0.1, 0.15) is 27.2 Å². The Hall–Kier alpha value is -0.810. The van der Waals surface area contributed by atoms with E-state index < -0.39 is 5.60 Å². The van der Waals surface area contributed by atoms with Gasteiger partial charge in [0.25, 0.3) is 0 Å². The summed E-state index contributed by atoms with van der Waals surface area (Å²) in [5.74, 6) is 0.522. The Morgan fingerprint density at radius 3 is 2.82 bits per heavy atom. The van der Waals surface area contributed by atoms with Crippen molar-refractivity contribution in [3.05, 3.63) is 0 Å². The van der Waals surface area contributed by atoms with Crippen LogP contribution in [0.3, 0.4) is 0 Å². The van der Waals surface area contributed by atoms with E-state index in [2.05, 4.69) is 10.2 Å². The van der Waals surface area contributed by atoms with E-state index in [1.54, 1.807) is 0 Å². The van der Waals surface area contributed by atoms with Crippen LogP contribution >= 0.6 is 0 Å². The lowest BCUT2D eigenvalue weighted by molar-refractivity contribution is 0.0520. The minimum Gasteiger partial charge on any atom is -0.444 e. The summed E-state index contributed by atoms with van der Waals surface area (Å²) >= 11 is 0. The largest absolute Gasteiger partial charge is 0.444 e. The van der Waals surface area contributed by atoms with E-state index in [9.17, 15) is 4.79 Å². The fourth-order valence-corrected chi connectivity index (χ4v) is 2.01. The second-order valence-corrected chi connectivity index (χ2v) is 5.63. The second-order valence-electron chi connectivity index (χ2n) is 5.63. The highest BCUT2D eigenvalue weighted by Crippen LogP contribution is 2.14. The number of alkyl carbamates (subject to hydrolysis) is 1. The first kappa shape index (κ1) is 14.3. The molecule has 0 aromatic heterocycles. The molecule has 1 fully saturated rings. The van der Waals surface area contributed by atoms with Crippen molar-refractivity contribution in [3.8, 4) is 0 Å². The Bertz CT molecular complexity index is 251. The molecule has 1 atom stereocenters. The number of nitrogens with zero attached hydrogens (tertiary/aromatic N) is 1. The number of ether oxygens (including phenoxy) is 1. The monoisotopic (exact) mass is 243 g/mol. The highest BCUT2D eigenvalue weighted by Gasteiger charge is 2.23. The quantitative estimate of drug-likeness (QED) is 0.766. The fraction of sp³-hybridized carbons (Fsp3) is 0.917. The number of nitrogens with two attached hydrogens (primary N) is 1. The van der Waals surface area contributed by atoms with Gasteiger partial charge in [0.2, 0.25) is 0 Å². The summed E-state index contributed by atoms with van der Waals surface area (Å²) in [5, 5.41) is 2.82. The number of hydrogen-bond donors (Lipinski definition) is 2. The van der Waals surface area contributed by atoms with E-state index in [-0.39, 0.29) is 6.09 Å². The van der Waals surface area contributed by atoms with Crippen molar-refractivity contribution in [1.29, 1.82) is 0 Å². The number of rotatable bonds is 4. The standard InChI is InChI=1S/C12H25N3O2/c1-12(2,3)17-11(16)14-8-10-4-6-15(9-10)7-5-13/h10H,4-9,13H2,1-3H3,(H,14,16)/t10-/m1/s1. The lowest BCUT2D eigenvalue weighted by Crippen LogP contribution is -2.36. The number of carbonyl (C=O) groups is 1. The van der Waals surface area contributed by atoms with E-state index in [4.69, 9.17) is 10.5 Å². The third-order valence-corrected chi connectivity index (χ3v) is 2.75. The van der Waals surface area contributed by atoms with E-state index in [0.29, 0.717) is 19.0 Å². The lowest BCUT2D eigenvalue weighted by Gasteiger charge is -2.20. The van der Waals surface area contributed by atoms with Crippen molar-refractivity contribution < 1.29 is 9.53 Å². The van der Waals surface area contributed by atoms with Gasteiger partial charge in [-0.1, -0.05) is 0 Å². The van der Waals surface area contributed by atoms with Gasteiger partial charge in [0.1, 0.15) is 5.60 Å². The smallest absolute Gasteiger partial charge is 0.407 e. The number of likely N-dealkylation sites (tertiary alicyclic amines) is 1.